The average Bonchev–Trinajstić information content (AvgIpc) is 2.56. The van der Waals surface area contributed by atoms with Gasteiger partial charge in [-0.15, -0.1) is 11.3 Å². The van der Waals surface area contributed by atoms with E-state index in [1.165, 1.54) is 4.88 Å². The number of aliphatic hydroxyl groups is 1. The lowest BCUT2D eigenvalue weighted by molar-refractivity contribution is 0.243. The molecular weight excluding hydrogens is 170 g/mol. The van der Waals surface area contributed by atoms with Crippen LogP contribution in [-0.2, 0) is 0 Å². The third-order valence-electron chi connectivity index (χ3n) is 1.78. The normalized spacial score (nSPS) is 15.9. The lowest BCUT2D eigenvalue weighted by Crippen LogP contribution is -2.31. The summed E-state index contributed by atoms with van der Waals surface area (Å²) in [4.78, 5) is 1.32. The van der Waals surface area contributed by atoms with Crippen molar-refractivity contribution < 1.29 is 5.11 Å². The van der Waals surface area contributed by atoms with E-state index in [-0.39, 0.29) is 12.6 Å². The van der Waals surface area contributed by atoms with Crippen LogP contribution in [0.5, 0.6) is 0 Å². The molecule has 1 aromatic heterocycles. The van der Waals surface area contributed by atoms with Crippen LogP contribution in [-0.4, -0.2) is 17.8 Å². The van der Waals surface area contributed by atoms with E-state index in [0.717, 1.165) is 0 Å². The van der Waals surface area contributed by atoms with Crippen molar-refractivity contribution in [1.82, 2.24) is 5.32 Å². The molecule has 0 bridgehead atoms. The van der Waals surface area contributed by atoms with Crippen molar-refractivity contribution in [3.05, 3.63) is 22.4 Å². The van der Waals surface area contributed by atoms with Gasteiger partial charge >= 0.3 is 0 Å². The van der Waals surface area contributed by atoms with Crippen LogP contribution in [0.1, 0.15) is 24.8 Å². The molecule has 0 fully saturated rings. The molecule has 3 heteroatoms. The lowest BCUT2D eigenvalue weighted by atomic mass is 10.2. The molecule has 0 unspecified atom stereocenters. The van der Waals surface area contributed by atoms with Gasteiger partial charge in [-0.2, -0.15) is 0 Å². The van der Waals surface area contributed by atoms with Crippen LogP contribution in [0.25, 0.3) is 0 Å². The summed E-state index contributed by atoms with van der Waals surface area (Å²) in [6.07, 6.45) is 0. The maximum absolute atomic E-state index is 8.82. The third-order valence-corrected chi connectivity index (χ3v) is 2.83. The zero-order valence-corrected chi connectivity index (χ0v) is 8.27. The highest BCUT2D eigenvalue weighted by molar-refractivity contribution is 7.10. The summed E-state index contributed by atoms with van der Waals surface area (Å²) in [5.41, 5.74) is 0. The van der Waals surface area contributed by atoms with E-state index in [4.69, 9.17) is 5.11 Å². The Morgan fingerprint density at radius 3 is 2.83 bits per heavy atom. The van der Waals surface area contributed by atoms with Crippen molar-refractivity contribution in [2.45, 2.75) is 25.9 Å². The molecule has 0 aliphatic carbocycles. The summed E-state index contributed by atoms with van der Waals surface area (Å²) < 4.78 is 0. The molecule has 0 aliphatic heterocycles. The first kappa shape index (κ1) is 9.71. The van der Waals surface area contributed by atoms with Gasteiger partial charge in [0.05, 0.1) is 6.61 Å². The number of thiophene rings is 1. The molecule has 1 rings (SSSR count). The van der Waals surface area contributed by atoms with Gasteiger partial charge in [0.25, 0.3) is 0 Å². The predicted octanol–water partition coefficient (Wildman–Crippen LogP) is 1.78. The van der Waals surface area contributed by atoms with E-state index in [1.54, 1.807) is 11.3 Å². The maximum Gasteiger partial charge on any atom is 0.0582 e. The SMILES string of the molecule is C[C@H](CO)N[C@@H](C)c1cccs1. The highest BCUT2D eigenvalue weighted by Gasteiger charge is 2.08. The Balaban J connectivity index is 2.44. The molecule has 0 saturated heterocycles. The number of hydrogen-bond acceptors (Lipinski definition) is 3. The van der Waals surface area contributed by atoms with Crippen LogP contribution >= 0.6 is 11.3 Å². The number of nitrogens with one attached hydrogen (secondary N) is 1. The predicted molar refractivity (Wildman–Crippen MR) is 52.4 cm³/mol. The van der Waals surface area contributed by atoms with Crippen LogP contribution in [0, 0.1) is 0 Å². The Hall–Kier alpha value is -0.380. The Kier molecular flexibility index (Phi) is 3.72. The second-order valence-electron chi connectivity index (χ2n) is 2.99. The number of rotatable bonds is 4. The fourth-order valence-corrected chi connectivity index (χ4v) is 1.84. The van der Waals surface area contributed by atoms with Crippen molar-refractivity contribution >= 4 is 11.3 Å². The molecule has 0 spiro atoms. The molecule has 0 aromatic carbocycles. The third kappa shape index (κ3) is 2.59. The molecule has 0 amide bonds. The summed E-state index contributed by atoms with van der Waals surface area (Å²) in [5.74, 6) is 0. The molecule has 0 aliphatic rings. The van der Waals surface area contributed by atoms with Gasteiger partial charge in [0.1, 0.15) is 0 Å². The first-order valence-electron chi connectivity index (χ1n) is 4.14. The van der Waals surface area contributed by atoms with Crippen LogP contribution in [0.2, 0.25) is 0 Å². The lowest BCUT2D eigenvalue weighted by Gasteiger charge is -2.16. The van der Waals surface area contributed by atoms with Crippen LogP contribution in [0.4, 0.5) is 0 Å². The summed E-state index contributed by atoms with van der Waals surface area (Å²) >= 11 is 1.74. The van der Waals surface area contributed by atoms with Crippen molar-refractivity contribution in [3.8, 4) is 0 Å². The summed E-state index contributed by atoms with van der Waals surface area (Å²) in [7, 11) is 0. The van der Waals surface area contributed by atoms with Gasteiger partial charge in [-0.1, -0.05) is 6.07 Å². The number of aliphatic hydroxyl groups excluding tert-OH is 1. The Bertz CT molecular complexity index is 210. The summed E-state index contributed by atoms with van der Waals surface area (Å²) in [6, 6.07) is 4.66. The molecule has 68 valence electrons. The van der Waals surface area contributed by atoms with Crippen LogP contribution in [0.15, 0.2) is 17.5 Å². The van der Waals surface area contributed by atoms with Crippen LogP contribution in [0.3, 0.4) is 0 Å². The van der Waals surface area contributed by atoms with Crippen molar-refractivity contribution in [2.75, 3.05) is 6.61 Å². The fraction of sp³-hybridized carbons (Fsp3) is 0.556. The largest absolute Gasteiger partial charge is 0.395 e. The molecule has 1 heterocycles. The molecule has 1 aromatic rings. The second-order valence-corrected chi connectivity index (χ2v) is 3.97. The minimum Gasteiger partial charge on any atom is -0.395 e. The highest BCUT2D eigenvalue weighted by Crippen LogP contribution is 2.18. The molecular formula is C9H15NOS. The highest BCUT2D eigenvalue weighted by atomic mass is 32.1. The zero-order valence-electron chi connectivity index (χ0n) is 7.45. The smallest absolute Gasteiger partial charge is 0.0582 e. The molecule has 2 nitrogen and oxygen atoms in total. The van der Waals surface area contributed by atoms with Gasteiger partial charge in [-0.3, -0.25) is 0 Å². The second kappa shape index (κ2) is 4.60. The molecule has 0 radical (unpaired) electrons. The van der Waals surface area contributed by atoms with Crippen LogP contribution < -0.4 is 5.32 Å². The minimum absolute atomic E-state index is 0.169. The van der Waals surface area contributed by atoms with E-state index in [0.29, 0.717) is 6.04 Å². The van der Waals surface area contributed by atoms with E-state index < -0.39 is 0 Å². The topological polar surface area (TPSA) is 32.3 Å². The van der Waals surface area contributed by atoms with E-state index in [9.17, 15) is 0 Å². The van der Waals surface area contributed by atoms with Gasteiger partial charge in [-0.05, 0) is 25.3 Å². The Morgan fingerprint density at radius 2 is 2.33 bits per heavy atom. The van der Waals surface area contributed by atoms with Gasteiger partial charge in [0.2, 0.25) is 0 Å². The van der Waals surface area contributed by atoms with Crippen molar-refractivity contribution in [1.29, 1.82) is 0 Å². The van der Waals surface area contributed by atoms with Crippen molar-refractivity contribution in [3.63, 3.8) is 0 Å². The molecule has 2 N–H and O–H groups in total. The first-order chi connectivity index (χ1) is 5.74. The zero-order chi connectivity index (χ0) is 8.97. The standard InChI is InChI=1S/C9H15NOS/c1-7(6-11)10-8(2)9-4-3-5-12-9/h3-5,7-8,10-11H,6H2,1-2H3/t7-,8+/m1/s1. The quantitative estimate of drug-likeness (QED) is 0.749. The average molecular weight is 185 g/mol. The van der Waals surface area contributed by atoms with Gasteiger partial charge in [0.15, 0.2) is 0 Å². The maximum atomic E-state index is 8.82. The molecule has 2 atom stereocenters. The summed E-state index contributed by atoms with van der Waals surface area (Å²) in [5, 5.41) is 14.2. The van der Waals surface area contributed by atoms with E-state index >= 15 is 0 Å². The Morgan fingerprint density at radius 1 is 1.58 bits per heavy atom. The van der Waals surface area contributed by atoms with Gasteiger partial charge < -0.3 is 10.4 Å². The van der Waals surface area contributed by atoms with Gasteiger partial charge in [-0.25, -0.2) is 0 Å². The minimum atomic E-state index is 0.169. The molecule has 12 heavy (non-hydrogen) atoms. The Labute approximate surface area is 77.2 Å². The monoisotopic (exact) mass is 185 g/mol. The number of hydrogen-bond donors (Lipinski definition) is 2. The van der Waals surface area contributed by atoms with Crippen molar-refractivity contribution in [2.24, 2.45) is 0 Å². The molecule has 0 saturated carbocycles. The first-order valence-corrected chi connectivity index (χ1v) is 5.02. The fourth-order valence-electron chi connectivity index (χ4n) is 1.10. The van der Waals surface area contributed by atoms with Gasteiger partial charge in [0, 0.05) is 17.0 Å². The van der Waals surface area contributed by atoms with E-state index in [2.05, 4.69) is 23.7 Å². The van der Waals surface area contributed by atoms with E-state index in [1.807, 2.05) is 13.0 Å². The summed E-state index contributed by atoms with van der Waals surface area (Å²) in [6.45, 7) is 4.28.